The minimum atomic E-state index is -0.654. The van der Waals surface area contributed by atoms with Crippen molar-refractivity contribution in [2.75, 3.05) is 18.5 Å². The van der Waals surface area contributed by atoms with E-state index in [1.54, 1.807) is 37.8 Å². The van der Waals surface area contributed by atoms with Crippen LogP contribution in [-0.4, -0.2) is 47.0 Å². The number of alkyl halides is 1. The molecule has 8 heteroatoms. The van der Waals surface area contributed by atoms with Gasteiger partial charge in [0, 0.05) is 13.1 Å². The summed E-state index contributed by atoms with van der Waals surface area (Å²) in [6, 6.07) is 15.1. The Balaban J connectivity index is 2.09. The SMILES string of the molecule is CC(C)(C)OC(=O)NC(COCc1ccccc1)CN(Cc1ccc(F)cc1)C(=O)CBr. The van der Waals surface area contributed by atoms with Gasteiger partial charge in [-0.05, 0) is 44.0 Å². The van der Waals surface area contributed by atoms with Crippen molar-refractivity contribution in [3.8, 4) is 0 Å². The van der Waals surface area contributed by atoms with Gasteiger partial charge in [0.05, 0.1) is 24.6 Å². The Morgan fingerprint density at radius 2 is 1.72 bits per heavy atom. The van der Waals surface area contributed by atoms with Gasteiger partial charge >= 0.3 is 6.09 Å². The highest BCUT2D eigenvalue weighted by atomic mass is 79.9. The second-order valence-corrected chi connectivity index (χ2v) is 8.94. The van der Waals surface area contributed by atoms with E-state index in [-0.39, 0.29) is 36.8 Å². The summed E-state index contributed by atoms with van der Waals surface area (Å²) in [5, 5.41) is 2.93. The molecule has 0 bridgehead atoms. The standard InChI is InChI=1S/C24H30BrFN2O4/c1-24(2,3)32-23(30)27-21(17-31-16-19-7-5-4-6-8-19)15-28(22(29)13-25)14-18-9-11-20(26)12-10-18/h4-12,21H,13-17H2,1-3H3,(H,27,30). The van der Waals surface area contributed by atoms with Crippen LogP contribution in [-0.2, 0) is 27.4 Å². The molecule has 174 valence electrons. The van der Waals surface area contributed by atoms with Crippen molar-refractivity contribution < 1.29 is 23.5 Å². The third kappa shape index (κ3) is 9.78. The fourth-order valence-electron chi connectivity index (χ4n) is 2.92. The number of amides is 2. The minimum absolute atomic E-state index is 0.123. The van der Waals surface area contributed by atoms with Crippen LogP contribution in [0.2, 0.25) is 0 Å². The first-order valence-corrected chi connectivity index (χ1v) is 11.5. The molecule has 0 fully saturated rings. The molecular weight excluding hydrogens is 479 g/mol. The molecule has 0 aliphatic rings. The van der Waals surface area contributed by atoms with E-state index >= 15 is 0 Å². The molecule has 1 N–H and O–H groups in total. The number of ether oxygens (including phenoxy) is 2. The van der Waals surface area contributed by atoms with Crippen LogP contribution in [0.4, 0.5) is 9.18 Å². The third-order valence-corrected chi connectivity index (χ3v) is 4.83. The molecular formula is C24H30BrFN2O4. The average Bonchev–Trinajstić information content (AvgIpc) is 2.73. The quantitative estimate of drug-likeness (QED) is 0.474. The van der Waals surface area contributed by atoms with Crippen molar-refractivity contribution >= 4 is 27.9 Å². The molecule has 0 saturated carbocycles. The van der Waals surface area contributed by atoms with Crippen molar-refractivity contribution in [2.24, 2.45) is 0 Å². The molecule has 0 aromatic heterocycles. The van der Waals surface area contributed by atoms with Gasteiger partial charge < -0.3 is 19.7 Å². The van der Waals surface area contributed by atoms with Crippen LogP contribution in [0.1, 0.15) is 31.9 Å². The van der Waals surface area contributed by atoms with Gasteiger partial charge in [0.1, 0.15) is 11.4 Å². The summed E-state index contributed by atoms with van der Waals surface area (Å²) in [6.45, 7) is 6.38. The summed E-state index contributed by atoms with van der Waals surface area (Å²) in [5.74, 6) is -0.501. The highest BCUT2D eigenvalue weighted by Gasteiger charge is 2.23. The van der Waals surface area contributed by atoms with E-state index in [0.717, 1.165) is 11.1 Å². The van der Waals surface area contributed by atoms with Crippen LogP contribution in [0.3, 0.4) is 0 Å². The van der Waals surface area contributed by atoms with Crippen molar-refractivity contribution in [1.29, 1.82) is 0 Å². The lowest BCUT2D eigenvalue weighted by Crippen LogP contribution is -2.49. The van der Waals surface area contributed by atoms with Crippen LogP contribution < -0.4 is 5.32 Å². The molecule has 0 aliphatic heterocycles. The monoisotopic (exact) mass is 508 g/mol. The van der Waals surface area contributed by atoms with Gasteiger partial charge in [-0.15, -0.1) is 0 Å². The molecule has 0 heterocycles. The lowest BCUT2D eigenvalue weighted by atomic mass is 10.2. The zero-order valence-corrected chi connectivity index (χ0v) is 20.2. The number of rotatable bonds is 10. The summed E-state index contributed by atoms with van der Waals surface area (Å²) >= 11 is 3.21. The Kier molecular flexibility index (Phi) is 10.1. The Hall–Kier alpha value is -2.45. The van der Waals surface area contributed by atoms with E-state index in [0.29, 0.717) is 6.61 Å². The molecule has 2 rings (SSSR count). The second-order valence-electron chi connectivity index (χ2n) is 8.38. The second kappa shape index (κ2) is 12.6. The Morgan fingerprint density at radius 3 is 2.31 bits per heavy atom. The summed E-state index contributed by atoms with van der Waals surface area (Å²) < 4.78 is 24.4. The number of carbonyl (C=O) groups excluding carboxylic acids is 2. The molecule has 6 nitrogen and oxygen atoms in total. The Bertz CT molecular complexity index is 857. The molecule has 1 unspecified atom stereocenters. The Labute approximate surface area is 197 Å². The highest BCUT2D eigenvalue weighted by molar-refractivity contribution is 9.09. The number of halogens is 2. The number of nitrogens with one attached hydrogen (secondary N) is 1. The summed E-state index contributed by atoms with van der Waals surface area (Å²) in [6.07, 6.45) is -0.584. The van der Waals surface area contributed by atoms with E-state index < -0.39 is 17.7 Å². The zero-order valence-electron chi connectivity index (χ0n) is 18.6. The maximum absolute atomic E-state index is 13.3. The smallest absolute Gasteiger partial charge is 0.408 e. The predicted octanol–water partition coefficient (Wildman–Crippen LogP) is 4.66. The van der Waals surface area contributed by atoms with Gasteiger partial charge in [-0.2, -0.15) is 0 Å². The van der Waals surface area contributed by atoms with Crippen LogP contribution >= 0.6 is 15.9 Å². The molecule has 0 radical (unpaired) electrons. The molecule has 2 aromatic carbocycles. The lowest BCUT2D eigenvalue weighted by Gasteiger charge is -2.29. The molecule has 0 saturated heterocycles. The fourth-order valence-corrected chi connectivity index (χ4v) is 3.28. The Morgan fingerprint density at radius 1 is 1.06 bits per heavy atom. The largest absolute Gasteiger partial charge is 0.444 e. The van der Waals surface area contributed by atoms with Crippen LogP contribution in [0.5, 0.6) is 0 Å². The molecule has 2 amide bonds. The number of alkyl carbamates (subject to hydrolysis) is 1. The third-order valence-electron chi connectivity index (χ3n) is 4.35. The summed E-state index contributed by atoms with van der Waals surface area (Å²) in [4.78, 5) is 26.5. The number of hydrogen-bond acceptors (Lipinski definition) is 4. The van der Waals surface area contributed by atoms with Gasteiger partial charge in [0.25, 0.3) is 0 Å². The summed E-state index contributed by atoms with van der Waals surface area (Å²) in [5.41, 5.74) is 1.13. The number of nitrogens with zero attached hydrogens (tertiary/aromatic N) is 1. The average molecular weight is 509 g/mol. The highest BCUT2D eigenvalue weighted by Crippen LogP contribution is 2.11. The van der Waals surface area contributed by atoms with Gasteiger partial charge in [-0.1, -0.05) is 58.4 Å². The van der Waals surface area contributed by atoms with Gasteiger partial charge in [0.15, 0.2) is 0 Å². The molecule has 0 aliphatic carbocycles. The predicted molar refractivity (Wildman–Crippen MR) is 125 cm³/mol. The van der Waals surface area contributed by atoms with Crippen molar-refractivity contribution in [3.05, 3.63) is 71.5 Å². The first-order valence-electron chi connectivity index (χ1n) is 10.4. The van der Waals surface area contributed by atoms with Crippen LogP contribution in [0, 0.1) is 5.82 Å². The first-order chi connectivity index (χ1) is 15.2. The van der Waals surface area contributed by atoms with E-state index in [4.69, 9.17) is 9.47 Å². The van der Waals surface area contributed by atoms with Gasteiger partial charge in [0.2, 0.25) is 5.91 Å². The van der Waals surface area contributed by atoms with E-state index in [1.165, 1.54) is 12.1 Å². The molecule has 2 aromatic rings. The minimum Gasteiger partial charge on any atom is -0.444 e. The maximum atomic E-state index is 13.3. The zero-order chi connectivity index (χ0) is 23.6. The normalized spacial score (nSPS) is 12.2. The van der Waals surface area contributed by atoms with E-state index in [2.05, 4.69) is 21.2 Å². The number of carbonyl (C=O) groups is 2. The van der Waals surface area contributed by atoms with Crippen molar-refractivity contribution in [2.45, 2.75) is 45.6 Å². The van der Waals surface area contributed by atoms with Crippen LogP contribution in [0.25, 0.3) is 0 Å². The van der Waals surface area contributed by atoms with Gasteiger partial charge in [-0.3, -0.25) is 4.79 Å². The van der Waals surface area contributed by atoms with Crippen LogP contribution in [0.15, 0.2) is 54.6 Å². The molecule has 1 atom stereocenters. The van der Waals surface area contributed by atoms with Gasteiger partial charge in [-0.25, -0.2) is 9.18 Å². The molecule has 0 spiro atoms. The topological polar surface area (TPSA) is 67.9 Å². The van der Waals surface area contributed by atoms with E-state index in [1.807, 2.05) is 30.3 Å². The van der Waals surface area contributed by atoms with E-state index in [9.17, 15) is 14.0 Å². The molecule has 32 heavy (non-hydrogen) atoms. The van der Waals surface area contributed by atoms with Crippen molar-refractivity contribution in [3.63, 3.8) is 0 Å². The fraction of sp³-hybridized carbons (Fsp3) is 0.417. The first kappa shape index (κ1) is 25.8. The maximum Gasteiger partial charge on any atom is 0.408 e. The lowest BCUT2D eigenvalue weighted by molar-refractivity contribution is -0.129. The van der Waals surface area contributed by atoms with Crippen molar-refractivity contribution in [1.82, 2.24) is 10.2 Å². The number of benzene rings is 2. The summed E-state index contributed by atoms with van der Waals surface area (Å²) in [7, 11) is 0. The number of hydrogen-bond donors (Lipinski definition) is 1.